The summed E-state index contributed by atoms with van der Waals surface area (Å²) in [5, 5.41) is 14.9. The number of rotatable bonds is 9. The number of thiocarbonyl (C=S) groups is 1. The average Bonchev–Trinajstić information content (AvgIpc) is 3.27. The first kappa shape index (κ1) is 24.3. The summed E-state index contributed by atoms with van der Waals surface area (Å²) in [6.45, 7) is 3.45. The van der Waals surface area contributed by atoms with Gasteiger partial charge in [-0.05, 0) is 91.3 Å². The summed E-state index contributed by atoms with van der Waals surface area (Å²) in [5.41, 5.74) is 3.84. The van der Waals surface area contributed by atoms with E-state index in [0.29, 0.717) is 36.2 Å². The van der Waals surface area contributed by atoms with Gasteiger partial charge in [0, 0.05) is 35.9 Å². The van der Waals surface area contributed by atoms with Crippen LogP contribution in [0, 0.1) is 5.82 Å². The van der Waals surface area contributed by atoms with Gasteiger partial charge in [-0.1, -0.05) is 6.07 Å². The number of hydrogen-bond acceptors (Lipinski definition) is 4. The second-order valence-electron chi connectivity index (χ2n) is 8.07. The van der Waals surface area contributed by atoms with Crippen LogP contribution in [0.3, 0.4) is 0 Å². The van der Waals surface area contributed by atoms with Crippen LogP contribution in [0.2, 0.25) is 0 Å². The molecule has 0 aliphatic heterocycles. The van der Waals surface area contributed by atoms with E-state index in [1.807, 2.05) is 48.4 Å². The van der Waals surface area contributed by atoms with Gasteiger partial charge in [0.05, 0.1) is 13.7 Å². The number of aromatic hydroxyl groups is 1. The van der Waals surface area contributed by atoms with E-state index in [1.165, 1.54) is 12.1 Å². The molecule has 182 valence electrons. The number of aromatic amines is 1. The van der Waals surface area contributed by atoms with E-state index in [4.69, 9.17) is 21.7 Å². The fourth-order valence-electron chi connectivity index (χ4n) is 3.88. The van der Waals surface area contributed by atoms with Crippen molar-refractivity contribution >= 4 is 33.9 Å². The molecular formula is C27H28FN3O3S. The Labute approximate surface area is 209 Å². The molecule has 4 aromatic rings. The Morgan fingerprint density at radius 1 is 1.11 bits per heavy atom. The summed E-state index contributed by atoms with van der Waals surface area (Å²) in [6, 6.07) is 17.3. The number of aromatic nitrogens is 1. The van der Waals surface area contributed by atoms with Crippen molar-refractivity contribution in [3.8, 4) is 17.2 Å². The number of H-pyrrole nitrogens is 1. The smallest absolute Gasteiger partial charge is 0.173 e. The molecule has 0 radical (unpaired) electrons. The molecule has 1 aromatic heterocycles. The number of methoxy groups -OCH3 is 1. The van der Waals surface area contributed by atoms with Gasteiger partial charge < -0.3 is 29.8 Å². The molecule has 3 N–H and O–H groups in total. The van der Waals surface area contributed by atoms with Gasteiger partial charge in [0.15, 0.2) is 16.6 Å². The Morgan fingerprint density at radius 3 is 2.66 bits per heavy atom. The lowest BCUT2D eigenvalue weighted by atomic mass is 10.1. The van der Waals surface area contributed by atoms with Crippen molar-refractivity contribution in [2.45, 2.75) is 19.9 Å². The second-order valence-corrected chi connectivity index (χ2v) is 8.46. The van der Waals surface area contributed by atoms with Crippen LogP contribution in [0.4, 0.5) is 10.1 Å². The highest BCUT2D eigenvalue weighted by Gasteiger charge is 2.15. The number of phenols is 1. The van der Waals surface area contributed by atoms with E-state index in [1.54, 1.807) is 25.3 Å². The van der Waals surface area contributed by atoms with Crippen molar-refractivity contribution in [2.24, 2.45) is 0 Å². The van der Waals surface area contributed by atoms with E-state index >= 15 is 0 Å². The first-order valence-corrected chi connectivity index (χ1v) is 11.8. The molecule has 1 heterocycles. The van der Waals surface area contributed by atoms with Crippen molar-refractivity contribution in [1.29, 1.82) is 0 Å². The Kier molecular flexibility index (Phi) is 7.72. The molecular weight excluding hydrogens is 465 g/mol. The second kappa shape index (κ2) is 11.1. The number of fused-ring (bicyclic) bond motifs is 1. The first-order valence-electron chi connectivity index (χ1n) is 11.4. The molecule has 8 heteroatoms. The Morgan fingerprint density at radius 2 is 1.91 bits per heavy atom. The lowest BCUT2D eigenvalue weighted by Crippen LogP contribution is -2.35. The maximum Gasteiger partial charge on any atom is 0.173 e. The molecule has 0 unspecified atom stereocenters. The summed E-state index contributed by atoms with van der Waals surface area (Å²) in [5.74, 6) is 1.03. The van der Waals surface area contributed by atoms with Crippen LogP contribution in [-0.2, 0) is 13.0 Å². The lowest BCUT2D eigenvalue weighted by Gasteiger charge is -2.26. The number of halogens is 1. The predicted molar refractivity (Wildman–Crippen MR) is 141 cm³/mol. The monoisotopic (exact) mass is 493 g/mol. The Balaban J connectivity index is 1.56. The zero-order valence-corrected chi connectivity index (χ0v) is 20.5. The molecule has 0 aliphatic carbocycles. The van der Waals surface area contributed by atoms with Crippen LogP contribution in [-0.4, -0.2) is 40.4 Å². The van der Waals surface area contributed by atoms with E-state index in [2.05, 4.69) is 10.3 Å². The molecule has 0 amide bonds. The van der Waals surface area contributed by atoms with Crippen molar-refractivity contribution in [2.75, 3.05) is 25.6 Å². The number of phenolic OH excluding ortho intramolecular Hbond substituents is 1. The van der Waals surface area contributed by atoms with E-state index in [-0.39, 0.29) is 11.6 Å². The van der Waals surface area contributed by atoms with E-state index in [0.717, 1.165) is 34.2 Å². The molecule has 6 nitrogen and oxygen atoms in total. The van der Waals surface area contributed by atoms with Crippen LogP contribution in [0.1, 0.15) is 18.1 Å². The molecule has 0 aliphatic rings. The van der Waals surface area contributed by atoms with Crippen molar-refractivity contribution in [3.05, 3.63) is 83.8 Å². The van der Waals surface area contributed by atoms with Gasteiger partial charge in [-0.2, -0.15) is 0 Å². The number of ether oxygens (including phenoxy) is 2. The van der Waals surface area contributed by atoms with E-state index < -0.39 is 0 Å². The first-order chi connectivity index (χ1) is 17.0. The number of anilines is 1. The highest BCUT2D eigenvalue weighted by molar-refractivity contribution is 7.80. The maximum atomic E-state index is 13.3. The van der Waals surface area contributed by atoms with Gasteiger partial charge in [-0.15, -0.1) is 0 Å². The molecule has 0 atom stereocenters. The fourth-order valence-corrected chi connectivity index (χ4v) is 4.16. The average molecular weight is 494 g/mol. The molecule has 3 aromatic carbocycles. The van der Waals surface area contributed by atoms with Crippen molar-refractivity contribution in [1.82, 2.24) is 9.88 Å². The zero-order valence-electron chi connectivity index (χ0n) is 19.7. The van der Waals surface area contributed by atoms with Crippen LogP contribution in [0.25, 0.3) is 10.9 Å². The van der Waals surface area contributed by atoms with Crippen LogP contribution >= 0.6 is 12.2 Å². The summed E-state index contributed by atoms with van der Waals surface area (Å²) in [6.07, 6.45) is 2.74. The summed E-state index contributed by atoms with van der Waals surface area (Å²) in [4.78, 5) is 5.35. The molecule has 4 rings (SSSR count). The topological polar surface area (TPSA) is 69.8 Å². The third-order valence-electron chi connectivity index (χ3n) is 5.71. The number of nitrogens with zero attached hydrogens (tertiary/aromatic N) is 1. The SMILES string of the molecule is CCOc1cc(CN(CCc2c[nH]c3ccc(OC)cc23)C(=S)Nc2ccc(F)cc2)ccc1O. The molecule has 35 heavy (non-hydrogen) atoms. The zero-order chi connectivity index (χ0) is 24.8. The minimum atomic E-state index is -0.305. The Bertz CT molecular complexity index is 1310. The number of nitrogens with one attached hydrogen (secondary N) is 2. The van der Waals surface area contributed by atoms with Crippen molar-refractivity contribution in [3.63, 3.8) is 0 Å². The van der Waals surface area contributed by atoms with Gasteiger partial charge in [0.25, 0.3) is 0 Å². The fraction of sp³-hybridized carbons (Fsp3) is 0.222. The number of hydrogen-bond donors (Lipinski definition) is 3. The van der Waals surface area contributed by atoms with Gasteiger partial charge >= 0.3 is 0 Å². The third kappa shape index (κ3) is 6.02. The Hall–Kier alpha value is -3.78. The standard InChI is InChI=1S/C27H28FN3O3S/c1-3-34-26-14-18(4-11-25(26)32)17-31(27(35)30-21-7-5-20(28)6-8-21)13-12-19-16-29-24-10-9-22(33-2)15-23(19)24/h4-11,14-16,29,32H,3,12-13,17H2,1-2H3,(H,30,35). The summed E-state index contributed by atoms with van der Waals surface area (Å²) >= 11 is 5.74. The quantitative estimate of drug-likeness (QED) is 0.254. The van der Waals surface area contributed by atoms with Gasteiger partial charge in [0.1, 0.15) is 11.6 Å². The summed E-state index contributed by atoms with van der Waals surface area (Å²) in [7, 11) is 1.66. The molecule has 0 fully saturated rings. The highest BCUT2D eigenvalue weighted by Crippen LogP contribution is 2.28. The van der Waals surface area contributed by atoms with Crippen LogP contribution in [0.15, 0.2) is 66.9 Å². The predicted octanol–water partition coefficient (Wildman–Crippen LogP) is 5.86. The van der Waals surface area contributed by atoms with Crippen LogP contribution in [0.5, 0.6) is 17.2 Å². The molecule has 0 saturated heterocycles. The van der Waals surface area contributed by atoms with Gasteiger partial charge in [-0.25, -0.2) is 4.39 Å². The molecule has 0 spiro atoms. The van der Waals surface area contributed by atoms with Gasteiger partial charge in [-0.3, -0.25) is 0 Å². The normalized spacial score (nSPS) is 10.8. The molecule has 0 saturated carbocycles. The highest BCUT2D eigenvalue weighted by atomic mass is 32.1. The minimum Gasteiger partial charge on any atom is -0.504 e. The lowest BCUT2D eigenvalue weighted by molar-refractivity contribution is 0.317. The third-order valence-corrected chi connectivity index (χ3v) is 6.07. The van der Waals surface area contributed by atoms with Crippen LogP contribution < -0.4 is 14.8 Å². The largest absolute Gasteiger partial charge is 0.504 e. The molecule has 0 bridgehead atoms. The maximum absolute atomic E-state index is 13.3. The van der Waals surface area contributed by atoms with E-state index in [9.17, 15) is 9.50 Å². The van der Waals surface area contributed by atoms with Gasteiger partial charge in [0.2, 0.25) is 0 Å². The van der Waals surface area contributed by atoms with Crippen molar-refractivity contribution < 1.29 is 19.0 Å². The number of benzene rings is 3. The minimum absolute atomic E-state index is 0.0990. The summed E-state index contributed by atoms with van der Waals surface area (Å²) < 4.78 is 24.3.